The van der Waals surface area contributed by atoms with Crippen LogP contribution in [0, 0.1) is 12.8 Å². The van der Waals surface area contributed by atoms with Crippen molar-refractivity contribution in [1.82, 2.24) is 25.6 Å². The zero-order chi connectivity index (χ0) is 26.1. The molecular formula is C29H33N7OS. The number of para-hydroxylation sites is 1. The Bertz CT molecular complexity index is 1350. The summed E-state index contributed by atoms with van der Waals surface area (Å²) in [5.74, 6) is 1.46. The number of hydrogen-bond donors (Lipinski definition) is 2. The Morgan fingerprint density at radius 3 is 2.89 bits per heavy atom. The minimum atomic E-state index is -0.353. The van der Waals surface area contributed by atoms with Crippen molar-refractivity contribution in [2.45, 2.75) is 43.5 Å². The lowest BCUT2D eigenvalue weighted by Gasteiger charge is -2.38. The van der Waals surface area contributed by atoms with Crippen LogP contribution in [-0.2, 0) is 6.54 Å². The van der Waals surface area contributed by atoms with E-state index in [9.17, 15) is 4.79 Å². The zero-order valence-electron chi connectivity index (χ0n) is 21.9. The number of Topliss-reactive ketones (excluding diaryl/α,β-unsaturated/α-hetero) is 1. The highest BCUT2D eigenvalue weighted by Crippen LogP contribution is 2.54. The van der Waals surface area contributed by atoms with Crippen molar-refractivity contribution >= 4 is 34.9 Å². The van der Waals surface area contributed by atoms with Gasteiger partial charge in [-0.15, -0.1) is 0 Å². The van der Waals surface area contributed by atoms with E-state index < -0.39 is 0 Å². The number of nitrogens with zero attached hydrogens (tertiary/aromatic N) is 5. The predicted octanol–water partition coefficient (Wildman–Crippen LogP) is 4.45. The maximum Gasteiger partial charge on any atom is 0.178 e. The SMILES string of the molecule is CC/C=C(/NCc1cnc(C)cn1)C1C(=O)c2ccc(N3CCCNCC3)nc2N2c3ccccc3SC12. The fourth-order valence-electron chi connectivity index (χ4n) is 5.42. The Balaban J connectivity index is 1.38. The normalized spacial score (nSPS) is 21.0. The van der Waals surface area contributed by atoms with E-state index in [1.807, 2.05) is 19.1 Å². The third kappa shape index (κ3) is 4.65. The molecule has 196 valence electrons. The summed E-state index contributed by atoms with van der Waals surface area (Å²) in [6, 6.07) is 12.4. The molecule has 2 atom stereocenters. The Kier molecular flexibility index (Phi) is 7.04. The summed E-state index contributed by atoms with van der Waals surface area (Å²) in [7, 11) is 0. The van der Waals surface area contributed by atoms with E-state index in [1.165, 1.54) is 4.90 Å². The molecule has 2 aromatic heterocycles. The van der Waals surface area contributed by atoms with E-state index in [0.717, 1.165) is 73.4 Å². The Morgan fingerprint density at radius 2 is 2.05 bits per heavy atom. The molecule has 3 aromatic rings. The van der Waals surface area contributed by atoms with E-state index in [-0.39, 0.29) is 17.1 Å². The van der Waals surface area contributed by atoms with Gasteiger partial charge in [0, 0.05) is 36.4 Å². The topological polar surface area (TPSA) is 86.3 Å². The van der Waals surface area contributed by atoms with Gasteiger partial charge < -0.3 is 20.4 Å². The molecule has 6 rings (SSSR count). The molecule has 3 aliphatic rings. The molecule has 1 saturated heterocycles. The highest BCUT2D eigenvalue weighted by molar-refractivity contribution is 8.00. The molecule has 0 bridgehead atoms. The second-order valence-corrected chi connectivity index (χ2v) is 11.0. The average molecular weight is 528 g/mol. The summed E-state index contributed by atoms with van der Waals surface area (Å²) in [5, 5.41) is 6.91. The molecule has 0 radical (unpaired) electrons. The third-order valence-electron chi connectivity index (χ3n) is 7.28. The number of anilines is 3. The minimum Gasteiger partial charge on any atom is -0.382 e. The number of carbonyl (C=O) groups excluding carboxylic acids is 1. The van der Waals surface area contributed by atoms with Crippen molar-refractivity contribution in [2.75, 3.05) is 36.0 Å². The first-order valence-corrected chi connectivity index (χ1v) is 14.3. The number of thioether (sulfide) groups is 1. The van der Waals surface area contributed by atoms with Gasteiger partial charge in [-0.2, -0.15) is 0 Å². The van der Waals surface area contributed by atoms with Crippen molar-refractivity contribution in [3.05, 3.63) is 77.5 Å². The summed E-state index contributed by atoms with van der Waals surface area (Å²) in [6.45, 7) is 8.37. The number of aryl methyl sites for hydroxylation is 1. The minimum absolute atomic E-state index is 0.111. The summed E-state index contributed by atoms with van der Waals surface area (Å²) >= 11 is 1.75. The molecule has 2 unspecified atom stereocenters. The lowest BCUT2D eigenvalue weighted by molar-refractivity contribution is 0.0927. The number of fused-ring (bicyclic) bond motifs is 5. The van der Waals surface area contributed by atoms with Gasteiger partial charge >= 0.3 is 0 Å². The summed E-state index contributed by atoms with van der Waals surface area (Å²) in [5.41, 5.74) is 4.46. The second kappa shape index (κ2) is 10.7. The number of carbonyl (C=O) groups is 1. The highest BCUT2D eigenvalue weighted by Gasteiger charge is 2.48. The van der Waals surface area contributed by atoms with E-state index in [2.05, 4.69) is 67.7 Å². The summed E-state index contributed by atoms with van der Waals surface area (Å²) in [4.78, 5) is 34.0. The second-order valence-electron chi connectivity index (χ2n) is 9.89. The molecule has 8 nitrogen and oxygen atoms in total. The monoisotopic (exact) mass is 527 g/mol. The molecule has 1 fully saturated rings. The maximum atomic E-state index is 14.2. The third-order valence-corrected chi connectivity index (χ3v) is 8.60. The van der Waals surface area contributed by atoms with Crippen LogP contribution >= 0.6 is 11.8 Å². The van der Waals surface area contributed by atoms with Crippen molar-refractivity contribution in [2.24, 2.45) is 5.92 Å². The molecule has 0 saturated carbocycles. The smallest absolute Gasteiger partial charge is 0.178 e. The number of aromatic nitrogens is 3. The number of benzene rings is 1. The van der Waals surface area contributed by atoms with Gasteiger partial charge in [0.05, 0.1) is 41.3 Å². The fourth-order valence-corrected chi connectivity index (χ4v) is 6.85. The van der Waals surface area contributed by atoms with Gasteiger partial charge in [0.2, 0.25) is 0 Å². The Morgan fingerprint density at radius 1 is 1.16 bits per heavy atom. The Hall–Kier alpha value is -3.43. The van der Waals surface area contributed by atoms with Crippen LogP contribution in [0.1, 0.15) is 41.5 Å². The fraction of sp³-hybridized carbons (Fsp3) is 0.379. The average Bonchev–Trinajstić information content (AvgIpc) is 3.11. The molecule has 5 heterocycles. The molecule has 0 amide bonds. The van der Waals surface area contributed by atoms with Crippen molar-refractivity contribution in [3.8, 4) is 0 Å². The van der Waals surface area contributed by atoms with Crippen LogP contribution in [0.2, 0.25) is 0 Å². The molecule has 38 heavy (non-hydrogen) atoms. The highest BCUT2D eigenvalue weighted by atomic mass is 32.2. The van der Waals surface area contributed by atoms with Gasteiger partial charge in [0.25, 0.3) is 0 Å². The lowest BCUT2D eigenvalue weighted by atomic mass is 9.89. The van der Waals surface area contributed by atoms with Gasteiger partial charge in [0.1, 0.15) is 17.0 Å². The largest absolute Gasteiger partial charge is 0.382 e. The van der Waals surface area contributed by atoms with Crippen LogP contribution in [0.4, 0.5) is 17.3 Å². The van der Waals surface area contributed by atoms with Gasteiger partial charge in [-0.25, -0.2) is 4.98 Å². The first-order chi connectivity index (χ1) is 18.6. The molecular weight excluding hydrogens is 494 g/mol. The van der Waals surface area contributed by atoms with Crippen LogP contribution in [0.3, 0.4) is 0 Å². The van der Waals surface area contributed by atoms with E-state index in [0.29, 0.717) is 12.1 Å². The zero-order valence-corrected chi connectivity index (χ0v) is 22.7. The van der Waals surface area contributed by atoms with Crippen LogP contribution in [0.25, 0.3) is 0 Å². The maximum absolute atomic E-state index is 14.2. The first kappa shape index (κ1) is 24.9. The van der Waals surface area contributed by atoms with E-state index in [1.54, 1.807) is 24.2 Å². The molecule has 0 aliphatic carbocycles. The number of nitrogens with one attached hydrogen (secondary N) is 2. The number of allylic oxidation sites excluding steroid dienone is 1. The van der Waals surface area contributed by atoms with Crippen LogP contribution in [-0.4, -0.2) is 52.3 Å². The van der Waals surface area contributed by atoms with Gasteiger partial charge in [-0.1, -0.05) is 36.9 Å². The predicted molar refractivity (Wildman–Crippen MR) is 152 cm³/mol. The quantitative estimate of drug-likeness (QED) is 0.483. The first-order valence-electron chi connectivity index (χ1n) is 13.4. The molecule has 1 aromatic carbocycles. The summed E-state index contributed by atoms with van der Waals surface area (Å²) in [6.07, 6.45) is 7.61. The van der Waals surface area contributed by atoms with Crippen LogP contribution in [0.15, 0.2) is 65.5 Å². The van der Waals surface area contributed by atoms with Crippen molar-refractivity contribution in [1.29, 1.82) is 0 Å². The van der Waals surface area contributed by atoms with E-state index in [4.69, 9.17) is 4.98 Å². The van der Waals surface area contributed by atoms with Gasteiger partial charge in [-0.05, 0) is 50.6 Å². The van der Waals surface area contributed by atoms with Crippen LogP contribution in [0.5, 0.6) is 0 Å². The van der Waals surface area contributed by atoms with Gasteiger partial charge in [-0.3, -0.25) is 14.8 Å². The number of pyridine rings is 1. The van der Waals surface area contributed by atoms with Crippen LogP contribution < -0.4 is 20.4 Å². The number of rotatable bonds is 6. The molecule has 2 N–H and O–H groups in total. The number of hydrogen-bond acceptors (Lipinski definition) is 9. The van der Waals surface area contributed by atoms with Crippen molar-refractivity contribution in [3.63, 3.8) is 0 Å². The molecule has 3 aliphatic heterocycles. The standard InChI is InChI=1S/C29H33N7OS/c1-3-7-22(33-18-20-17-31-19(2)16-32-20)26-27(37)21-10-11-25(35-14-6-12-30-13-15-35)34-28(21)36-23-8-4-5-9-24(23)38-29(26)36/h4-5,7-11,16-17,26,29-30,33H,3,6,12-15,18H2,1-2H3/b22-7+. The Labute approximate surface area is 228 Å². The van der Waals surface area contributed by atoms with Crippen molar-refractivity contribution < 1.29 is 4.79 Å². The molecule has 0 spiro atoms. The molecule has 9 heteroatoms. The van der Waals surface area contributed by atoms with Gasteiger partial charge in [0.15, 0.2) is 5.78 Å². The lowest BCUT2D eigenvalue weighted by Crippen LogP contribution is -2.45. The van der Waals surface area contributed by atoms with E-state index >= 15 is 0 Å². The summed E-state index contributed by atoms with van der Waals surface area (Å²) < 4.78 is 0. The number of ketones is 1.